The van der Waals surface area contributed by atoms with Crippen LogP contribution < -0.4 is 0 Å². The van der Waals surface area contributed by atoms with Gasteiger partial charge < -0.3 is 0 Å². The lowest BCUT2D eigenvalue weighted by Crippen LogP contribution is -2.24. The molecule has 4 bridgehead atoms. The summed E-state index contributed by atoms with van der Waals surface area (Å²) in [7, 11) is 0. The van der Waals surface area contributed by atoms with Crippen LogP contribution >= 0.6 is 0 Å². The van der Waals surface area contributed by atoms with Crippen molar-refractivity contribution in [3.8, 4) is 0 Å². The maximum absolute atomic E-state index is 12.6. The van der Waals surface area contributed by atoms with Gasteiger partial charge in [0.05, 0.1) is 0 Å². The first-order valence-electron chi connectivity index (χ1n) is 6.75. The first-order valence-corrected chi connectivity index (χ1v) is 6.75. The largest absolute Gasteiger partial charge is 0.299 e. The number of rotatable bonds is 0. The number of hydrogen-bond acceptors (Lipinski definition) is 1. The average molecular weight is 212 g/mol. The normalized spacial score (nSPS) is 63.4. The third-order valence-electron chi connectivity index (χ3n) is 6.14. The Kier molecular flexibility index (Phi) is 1.22. The smallest absolute Gasteiger partial charge is 0.140 e. The Labute approximate surface area is 95.6 Å². The highest BCUT2D eigenvalue weighted by Crippen LogP contribution is 2.66. The minimum atomic E-state index is 0.426. The average Bonchev–Trinajstić information content (AvgIpc) is 2.98. The topological polar surface area (TPSA) is 17.1 Å². The van der Waals surface area contributed by atoms with Gasteiger partial charge in [0.15, 0.2) is 0 Å². The summed E-state index contributed by atoms with van der Waals surface area (Å²) in [5.41, 5.74) is 0. The van der Waals surface area contributed by atoms with E-state index in [0.29, 0.717) is 29.5 Å². The van der Waals surface area contributed by atoms with Gasteiger partial charge in [0.1, 0.15) is 5.78 Å². The lowest BCUT2D eigenvalue weighted by molar-refractivity contribution is -0.125. The van der Waals surface area contributed by atoms with Crippen molar-refractivity contribution in [2.45, 2.75) is 12.8 Å². The molecule has 5 rings (SSSR count). The van der Waals surface area contributed by atoms with E-state index < -0.39 is 0 Å². The van der Waals surface area contributed by atoms with Crippen molar-refractivity contribution >= 4 is 5.78 Å². The molecule has 0 spiro atoms. The third kappa shape index (κ3) is 0.687. The first kappa shape index (κ1) is 8.27. The van der Waals surface area contributed by atoms with Crippen molar-refractivity contribution < 1.29 is 4.79 Å². The van der Waals surface area contributed by atoms with E-state index in [2.05, 4.69) is 24.3 Å². The molecule has 0 heterocycles. The fourth-order valence-corrected chi connectivity index (χ4v) is 5.79. The zero-order valence-electron chi connectivity index (χ0n) is 9.25. The number of fused-ring (bicyclic) bond motifs is 11. The molecule has 8 atom stereocenters. The maximum Gasteiger partial charge on any atom is 0.140 e. The second-order valence-corrected chi connectivity index (χ2v) is 6.51. The molecule has 1 heteroatoms. The molecule has 0 aromatic heterocycles. The van der Waals surface area contributed by atoms with E-state index in [1.807, 2.05) is 0 Å². The highest BCUT2D eigenvalue weighted by atomic mass is 16.1. The number of Topliss-reactive ketones (excluding diaryl/α,β-unsaturated/α-hetero) is 1. The van der Waals surface area contributed by atoms with Crippen molar-refractivity contribution in [3.05, 3.63) is 24.3 Å². The van der Waals surface area contributed by atoms with E-state index in [0.717, 1.165) is 23.7 Å². The summed E-state index contributed by atoms with van der Waals surface area (Å²) in [4.78, 5) is 12.6. The molecule has 3 fully saturated rings. The standard InChI is InChI=1S/C15H16O/c16-15-13-9-3-1-7(5-9)11(13)12-8-2-4-10(6-8)14(12)15/h1-4,7-14H,5-6H2/t7-,8-,9-,10+,11-,12-,13-,14+/m0/s1. The fourth-order valence-electron chi connectivity index (χ4n) is 5.79. The summed E-state index contributed by atoms with van der Waals surface area (Å²) in [6.45, 7) is 0. The van der Waals surface area contributed by atoms with Crippen LogP contribution in [0.3, 0.4) is 0 Å². The second-order valence-electron chi connectivity index (χ2n) is 6.51. The highest BCUT2D eigenvalue weighted by molar-refractivity contribution is 5.89. The summed E-state index contributed by atoms with van der Waals surface area (Å²) in [5.74, 6) is 5.69. The van der Waals surface area contributed by atoms with E-state index in [1.165, 1.54) is 12.8 Å². The zero-order valence-corrected chi connectivity index (χ0v) is 9.25. The van der Waals surface area contributed by atoms with Gasteiger partial charge in [-0.15, -0.1) is 0 Å². The summed E-state index contributed by atoms with van der Waals surface area (Å²) >= 11 is 0. The Balaban J connectivity index is 1.67. The molecule has 0 amide bonds. The molecule has 82 valence electrons. The molecule has 0 N–H and O–H groups in total. The minimum Gasteiger partial charge on any atom is -0.299 e. The van der Waals surface area contributed by atoms with E-state index in [1.54, 1.807) is 0 Å². The SMILES string of the molecule is O=C1[C@@H]2[C@H]([C@H]3[C@H]1[C@@H]1C=C[C@H]3C1)[C@H]1C=C[C@H]2C1. The lowest BCUT2D eigenvalue weighted by Gasteiger charge is -2.28. The summed E-state index contributed by atoms with van der Waals surface area (Å²) < 4.78 is 0. The van der Waals surface area contributed by atoms with Crippen LogP contribution in [0.15, 0.2) is 24.3 Å². The number of ketones is 1. The summed E-state index contributed by atoms with van der Waals surface area (Å²) in [6.07, 6.45) is 12.1. The highest BCUT2D eigenvalue weighted by Gasteiger charge is 2.65. The van der Waals surface area contributed by atoms with Gasteiger partial charge in [0, 0.05) is 11.8 Å². The molecule has 0 aliphatic heterocycles. The van der Waals surface area contributed by atoms with Crippen molar-refractivity contribution in [2.24, 2.45) is 47.3 Å². The van der Waals surface area contributed by atoms with Gasteiger partial charge in [-0.2, -0.15) is 0 Å². The molecule has 0 saturated heterocycles. The van der Waals surface area contributed by atoms with Crippen LogP contribution in [0.5, 0.6) is 0 Å². The second kappa shape index (κ2) is 2.37. The molecule has 1 nitrogen and oxygen atoms in total. The van der Waals surface area contributed by atoms with Gasteiger partial charge >= 0.3 is 0 Å². The summed E-state index contributed by atoms with van der Waals surface area (Å²) in [6, 6.07) is 0. The van der Waals surface area contributed by atoms with Gasteiger partial charge in [-0.3, -0.25) is 4.79 Å². The number of hydrogen-bond donors (Lipinski definition) is 0. The first-order chi connectivity index (χ1) is 7.84. The lowest BCUT2D eigenvalue weighted by atomic mass is 9.75. The van der Waals surface area contributed by atoms with Gasteiger partial charge in [0.25, 0.3) is 0 Å². The Bertz CT molecular complexity index is 406. The third-order valence-corrected chi connectivity index (χ3v) is 6.14. The molecule has 0 unspecified atom stereocenters. The number of allylic oxidation sites excluding steroid dienone is 4. The van der Waals surface area contributed by atoms with E-state index in [9.17, 15) is 4.79 Å². The quantitative estimate of drug-likeness (QED) is 0.564. The number of carbonyl (C=O) groups is 1. The Morgan fingerprint density at radius 3 is 1.69 bits per heavy atom. The van der Waals surface area contributed by atoms with Crippen molar-refractivity contribution in [1.82, 2.24) is 0 Å². The van der Waals surface area contributed by atoms with Crippen LogP contribution in [0.4, 0.5) is 0 Å². The molecule has 3 saturated carbocycles. The maximum atomic E-state index is 12.6. The van der Waals surface area contributed by atoms with Crippen molar-refractivity contribution in [3.63, 3.8) is 0 Å². The Hall–Kier alpha value is -0.850. The van der Waals surface area contributed by atoms with Gasteiger partial charge in [-0.25, -0.2) is 0 Å². The van der Waals surface area contributed by atoms with E-state index >= 15 is 0 Å². The van der Waals surface area contributed by atoms with Crippen molar-refractivity contribution in [1.29, 1.82) is 0 Å². The van der Waals surface area contributed by atoms with Gasteiger partial charge in [-0.05, 0) is 48.3 Å². The zero-order chi connectivity index (χ0) is 10.4. The van der Waals surface area contributed by atoms with Crippen LogP contribution in [-0.4, -0.2) is 5.78 Å². The Morgan fingerprint density at radius 1 is 0.750 bits per heavy atom. The molecule has 0 aromatic carbocycles. The fraction of sp³-hybridized carbons (Fsp3) is 0.667. The number of carbonyl (C=O) groups excluding carboxylic acids is 1. The van der Waals surface area contributed by atoms with Gasteiger partial charge in [-0.1, -0.05) is 24.3 Å². The predicted octanol–water partition coefficient (Wildman–Crippen LogP) is 2.45. The monoisotopic (exact) mass is 212 g/mol. The molecule has 0 aromatic rings. The molecular formula is C15H16O. The van der Waals surface area contributed by atoms with Crippen molar-refractivity contribution in [2.75, 3.05) is 0 Å². The van der Waals surface area contributed by atoms with Gasteiger partial charge in [0.2, 0.25) is 0 Å². The van der Waals surface area contributed by atoms with Crippen LogP contribution in [0.25, 0.3) is 0 Å². The predicted molar refractivity (Wildman–Crippen MR) is 60.4 cm³/mol. The molecular weight excluding hydrogens is 196 g/mol. The minimum absolute atomic E-state index is 0.426. The molecule has 0 radical (unpaired) electrons. The molecule has 16 heavy (non-hydrogen) atoms. The van der Waals surface area contributed by atoms with Crippen LogP contribution in [-0.2, 0) is 4.79 Å². The molecule has 5 aliphatic carbocycles. The summed E-state index contributed by atoms with van der Waals surface area (Å²) in [5, 5.41) is 0. The van der Waals surface area contributed by atoms with Crippen LogP contribution in [0.1, 0.15) is 12.8 Å². The molecule has 5 aliphatic rings. The van der Waals surface area contributed by atoms with E-state index in [-0.39, 0.29) is 0 Å². The van der Waals surface area contributed by atoms with Crippen LogP contribution in [0, 0.1) is 47.3 Å². The van der Waals surface area contributed by atoms with E-state index in [4.69, 9.17) is 0 Å². The Morgan fingerprint density at radius 2 is 1.19 bits per heavy atom. The van der Waals surface area contributed by atoms with Crippen LogP contribution in [0.2, 0.25) is 0 Å².